The van der Waals surface area contributed by atoms with E-state index in [4.69, 9.17) is 4.74 Å². The fourth-order valence-electron chi connectivity index (χ4n) is 1.80. The van der Waals surface area contributed by atoms with Gasteiger partial charge in [0, 0.05) is 17.1 Å². The Morgan fingerprint density at radius 1 is 1.09 bits per heavy atom. The standard InChI is InChI=1S/C12H17NOS.C7H8/c1-3-4-11(9-15)13-10-5-7-12(14-2)8-6-10;1-7-5-3-2-4-6-7/h4-8,13,15H,3,9H2,1-2H3;2-6H,1H3/b11-4+;. The molecule has 2 aromatic carbocycles. The van der Waals surface area contributed by atoms with E-state index in [0.29, 0.717) is 0 Å². The van der Waals surface area contributed by atoms with Gasteiger partial charge in [-0.25, -0.2) is 0 Å². The molecule has 22 heavy (non-hydrogen) atoms. The Morgan fingerprint density at radius 3 is 2.14 bits per heavy atom. The van der Waals surface area contributed by atoms with Crippen LogP contribution in [0.2, 0.25) is 0 Å². The summed E-state index contributed by atoms with van der Waals surface area (Å²) in [5, 5.41) is 3.31. The molecule has 2 aromatic rings. The first-order valence-electron chi connectivity index (χ1n) is 7.42. The van der Waals surface area contributed by atoms with Gasteiger partial charge in [-0.15, -0.1) is 0 Å². The van der Waals surface area contributed by atoms with Crippen molar-refractivity contribution < 1.29 is 4.74 Å². The van der Waals surface area contributed by atoms with Crippen molar-refractivity contribution in [1.29, 1.82) is 0 Å². The van der Waals surface area contributed by atoms with Gasteiger partial charge >= 0.3 is 0 Å². The molecule has 0 aromatic heterocycles. The fraction of sp³-hybridized carbons (Fsp3) is 0.263. The molecule has 0 atom stereocenters. The van der Waals surface area contributed by atoms with Crippen LogP contribution < -0.4 is 10.1 Å². The molecule has 0 bridgehead atoms. The predicted molar refractivity (Wildman–Crippen MR) is 100 cm³/mol. The fourth-order valence-corrected chi connectivity index (χ4v) is 2.00. The number of hydrogen-bond donors (Lipinski definition) is 2. The maximum absolute atomic E-state index is 5.09. The molecule has 0 saturated carbocycles. The lowest BCUT2D eigenvalue weighted by molar-refractivity contribution is 0.415. The van der Waals surface area contributed by atoms with E-state index in [1.807, 2.05) is 42.5 Å². The summed E-state index contributed by atoms with van der Waals surface area (Å²) in [6.07, 6.45) is 3.15. The Hall–Kier alpha value is -1.87. The van der Waals surface area contributed by atoms with E-state index in [-0.39, 0.29) is 0 Å². The Labute approximate surface area is 139 Å². The molecule has 1 N–H and O–H groups in total. The number of methoxy groups -OCH3 is 1. The van der Waals surface area contributed by atoms with Crippen molar-refractivity contribution in [3.63, 3.8) is 0 Å². The molecule has 0 radical (unpaired) electrons. The second-order valence-corrected chi connectivity index (χ2v) is 5.12. The SMILES string of the molecule is CC/C=C(\CS)Nc1ccc(OC)cc1.Cc1ccccc1. The molecular weight excluding hydrogens is 290 g/mol. The molecule has 0 aliphatic heterocycles. The minimum atomic E-state index is 0.722. The molecule has 3 heteroatoms. The molecule has 118 valence electrons. The molecule has 0 spiro atoms. The first-order valence-corrected chi connectivity index (χ1v) is 8.05. The van der Waals surface area contributed by atoms with E-state index in [9.17, 15) is 0 Å². The van der Waals surface area contributed by atoms with Gasteiger partial charge in [0.1, 0.15) is 5.75 Å². The third-order valence-electron chi connectivity index (χ3n) is 2.96. The highest BCUT2D eigenvalue weighted by atomic mass is 32.1. The minimum Gasteiger partial charge on any atom is -0.497 e. The Kier molecular flexibility index (Phi) is 8.92. The highest BCUT2D eigenvalue weighted by molar-refractivity contribution is 7.80. The van der Waals surface area contributed by atoms with Gasteiger partial charge in [-0.1, -0.05) is 48.9 Å². The largest absolute Gasteiger partial charge is 0.497 e. The van der Waals surface area contributed by atoms with Crippen LogP contribution in [0.3, 0.4) is 0 Å². The van der Waals surface area contributed by atoms with Crippen LogP contribution >= 0.6 is 12.6 Å². The average molecular weight is 315 g/mol. The summed E-state index contributed by atoms with van der Waals surface area (Å²) in [5.74, 6) is 1.59. The van der Waals surface area contributed by atoms with Crippen LogP contribution in [-0.2, 0) is 0 Å². The van der Waals surface area contributed by atoms with E-state index in [1.54, 1.807) is 7.11 Å². The number of ether oxygens (including phenoxy) is 1. The normalized spacial score (nSPS) is 10.5. The van der Waals surface area contributed by atoms with Gasteiger partial charge in [0.2, 0.25) is 0 Å². The van der Waals surface area contributed by atoms with Gasteiger partial charge in [-0.05, 0) is 37.6 Å². The average Bonchev–Trinajstić information content (AvgIpc) is 2.56. The Balaban J connectivity index is 0.000000287. The summed E-state index contributed by atoms with van der Waals surface area (Å²) in [6.45, 7) is 4.19. The zero-order valence-corrected chi connectivity index (χ0v) is 14.4. The van der Waals surface area contributed by atoms with Gasteiger partial charge in [0.05, 0.1) is 7.11 Å². The van der Waals surface area contributed by atoms with Crippen LogP contribution in [0.15, 0.2) is 66.4 Å². The zero-order valence-electron chi connectivity index (χ0n) is 13.5. The number of anilines is 1. The molecule has 0 fully saturated rings. The molecule has 0 amide bonds. The lowest BCUT2D eigenvalue weighted by Gasteiger charge is -2.09. The van der Waals surface area contributed by atoms with Crippen LogP contribution in [0.5, 0.6) is 5.75 Å². The minimum absolute atomic E-state index is 0.722. The second-order valence-electron chi connectivity index (χ2n) is 4.80. The number of aryl methyl sites for hydroxylation is 1. The molecule has 0 aliphatic carbocycles. The third-order valence-corrected chi connectivity index (χ3v) is 3.30. The highest BCUT2D eigenvalue weighted by Gasteiger charge is 1.96. The summed E-state index contributed by atoms with van der Waals surface area (Å²) < 4.78 is 5.09. The van der Waals surface area contributed by atoms with Gasteiger partial charge in [-0.3, -0.25) is 0 Å². The lowest BCUT2D eigenvalue weighted by Crippen LogP contribution is -2.00. The molecule has 2 nitrogen and oxygen atoms in total. The van der Waals surface area contributed by atoms with Crippen LogP contribution in [0, 0.1) is 6.92 Å². The van der Waals surface area contributed by atoms with Crippen molar-refractivity contribution in [1.82, 2.24) is 0 Å². The maximum Gasteiger partial charge on any atom is 0.119 e. The predicted octanol–water partition coefficient (Wildman–Crippen LogP) is 5.33. The van der Waals surface area contributed by atoms with E-state index < -0.39 is 0 Å². The van der Waals surface area contributed by atoms with E-state index in [1.165, 1.54) is 5.56 Å². The number of rotatable bonds is 5. The van der Waals surface area contributed by atoms with Crippen LogP contribution in [0.25, 0.3) is 0 Å². The first-order chi connectivity index (χ1) is 10.7. The number of allylic oxidation sites excluding steroid dienone is 1. The van der Waals surface area contributed by atoms with E-state index in [2.05, 4.69) is 50.0 Å². The van der Waals surface area contributed by atoms with Gasteiger partial charge in [0.15, 0.2) is 0 Å². The summed E-state index contributed by atoms with van der Waals surface area (Å²) in [4.78, 5) is 0. The van der Waals surface area contributed by atoms with Gasteiger partial charge in [-0.2, -0.15) is 12.6 Å². The molecule has 2 rings (SSSR count). The Morgan fingerprint density at radius 2 is 1.73 bits per heavy atom. The smallest absolute Gasteiger partial charge is 0.119 e. The first kappa shape index (κ1) is 18.2. The van der Waals surface area contributed by atoms with Crippen LogP contribution in [0.1, 0.15) is 18.9 Å². The van der Waals surface area contributed by atoms with E-state index in [0.717, 1.165) is 29.3 Å². The van der Waals surface area contributed by atoms with Crippen molar-refractivity contribution >= 4 is 18.3 Å². The number of benzene rings is 2. The van der Waals surface area contributed by atoms with Gasteiger partial charge < -0.3 is 10.1 Å². The molecular formula is C19H25NOS. The van der Waals surface area contributed by atoms with Crippen LogP contribution in [-0.4, -0.2) is 12.9 Å². The van der Waals surface area contributed by atoms with Crippen molar-refractivity contribution in [2.45, 2.75) is 20.3 Å². The van der Waals surface area contributed by atoms with Crippen molar-refractivity contribution in [2.75, 3.05) is 18.2 Å². The highest BCUT2D eigenvalue weighted by Crippen LogP contribution is 2.16. The summed E-state index contributed by atoms with van der Waals surface area (Å²) in [6, 6.07) is 18.1. The Bertz CT molecular complexity index is 549. The molecule has 0 unspecified atom stereocenters. The van der Waals surface area contributed by atoms with Crippen molar-refractivity contribution in [2.24, 2.45) is 0 Å². The number of nitrogens with one attached hydrogen (secondary N) is 1. The zero-order chi connectivity index (χ0) is 16.2. The quantitative estimate of drug-likeness (QED) is 0.728. The maximum atomic E-state index is 5.09. The summed E-state index contributed by atoms with van der Waals surface area (Å²) in [5.41, 5.74) is 3.51. The second kappa shape index (κ2) is 10.8. The monoisotopic (exact) mass is 315 g/mol. The molecule has 0 aliphatic rings. The summed E-state index contributed by atoms with van der Waals surface area (Å²) >= 11 is 4.26. The number of thiol groups is 1. The van der Waals surface area contributed by atoms with Gasteiger partial charge in [0.25, 0.3) is 0 Å². The third kappa shape index (κ3) is 7.23. The molecule has 0 heterocycles. The van der Waals surface area contributed by atoms with Crippen molar-refractivity contribution in [3.05, 3.63) is 71.9 Å². The number of hydrogen-bond acceptors (Lipinski definition) is 3. The van der Waals surface area contributed by atoms with Crippen molar-refractivity contribution in [3.8, 4) is 5.75 Å². The van der Waals surface area contributed by atoms with E-state index >= 15 is 0 Å². The molecule has 0 saturated heterocycles. The topological polar surface area (TPSA) is 21.3 Å². The van der Waals surface area contributed by atoms with Crippen LogP contribution in [0.4, 0.5) is 5.69 Å². The summed E-state index contributed by atoms with van der Waals surface area (Å²) in [7, 11) is 1.67. The lowest BCUT2D eigenvalue weighted by atomic mass is 10.2.